The van der Waals surface area contributed by atoms with Gasteiger partial charge >= 0.3 is 0 Å². The normalized spacial score (nSPS) is 13.6. The highest BCUT2D eigenvalue weighted by molar-refractivity contribution is 7.93. The second-order valence-corrected chi connectivity index (χ2v) is 7.00. The zero-order chi connectivity index (χ0) is 12.3. The molecule has 1 aromatic rings. The average Bonchev–Trinajstić information content (AvgIpc) is 2.60. The predicted molar refractivity (Wildman–Crippen MR) is 71.1 cm³/mol. The van der Waals surface area contributed by atoms with Gasteiger partial charge in [-0.15, -0.1) is 11.3 Å². The van der Waals surface area contributed by atoms with Gasteiger partial charge in [-0.2, -0.15) is 0 Å². The summed E-state index contributed by atoms with van der Waals surface area (Å²) in [5, 5.41) is 1.08. The highest BCUT2D eigenvalue weighted by Crippen LogP contribution is 2.15. The molecule has 4 nitrogen and oxygen atoms in total. The summed E-state index contributed by atoms with van der Waals surface area (Å²) >= 11 is 6.19. The Hall–Kier alpha value is -0.500. The molecule has 0 radical (unpaired) electrons. The number of thiocarbonyl (C=S) groups is 1. The van der Waals surface area contributed by atoms with Crippen molar-refractivity contribution in [3.05, 3.63) is 21.9 Å². The molecule has 0 aliphatic carbocycles. The van der Waals surface area contributed by atoms with Crippen molar-refractivity contribution in [2.24, 2.45) is 5.73 Å². The van der Waals surface area contributed by atoms with Gasteiger partial charge in [0.05, 0.1) is 4.99 Å². The Bertz CT molecular complexity index is 479. The summed E-state index contributed by atoms with van der Waals surface area (Å²) in [4.78, 5) is 0.981. The van der Waals surface area contributed by atoms with Crippen molar-refractivity contribution in [3.8, 4) is 0 Å². The van der Waals surface area contributed by atoms with E-state index in [1.807, 2.05) is 18.4 Å². The van der Waals surface area contributed by atoms with Crippen molar-refractivity contribution in [3.63, 3.8) is 0 Å². The molecule has 1 unspecified atom stereocenters. The Kier molecular flexibility index (Phi) is 4.43. The molecule has 0 aliphatic rings. The van der Waals surface area contributed by atoms with E-state index < -0.39 is 15.3 Å². The first-order valence-electron chi connectivity index (χ1n) is 4.65. The molecule has 0 aliphatic heterocycles. The van der Waals surface area contributed by atoms with Crippen molar-refractivity contribution in [2.75, 3.05) is 0 Å². The zero-order valence-corrected chi connectivity index (χ0v) is 11.5. The van der Waals surface area contributed by atoms with Crippen LogP contribution in [-0.2, 0) is 16.6 Å². The van der Waals surface area contributed by atoms with Crippen molar-refractivity contribution in [1.82, 2.24) is 4.72 Å². The standard InChI is InChI=1S/C9H14N2O2S3/c1-6-3-4-15-8(6)5-11-16(12,13)7(2)9(10)14/h3-4,7,11H,5H2,1-2H3,(H2,10,14). The van der Waals surface area contributed by atoms with Gasteiger partial charge in [0.15, 0.2) is 0 Å². The number of rotatable bonds is 5. The van der Waals surface area contributed by atoms with E-state index in [0.717, 1.165) is 10.4 Å². The first kappa shape index (κ1) is 13.6. The quantitative estimate of drug-likeness (QED) is 0.793. The molecule has 1 atom stereocenters. The molecule has 7 heteroatoms. The lowest BCUT2D eigenvalue weighted by Gasteiger charge is -2.12. The summed E-state index contributed by atoms with van der Waals surface area (Å²) in [6.45, 7) is 3.71. The molecule has 16 heavy (non-hydrogen) atoms. The Morgan fingerprint density at radius 3 is 2.75 bits per heavy atom. The molecule has 0 saturated carbocycles. The summed E-state index contributed by atoms with van der Waals surface area (Å²) in [6.07, 6.45) is 0. The lowest BCUT2D eigenvalue weighted by atomic mass is 10.3. The molecule has 0 spiro atoms. The first-order chi connectivity index (χ1) is 7.34. The molecule has 1 rings (SSSR count). The lowest BCUT2D eigenvalue weighted by molar-refractivity contribution is 0.578. The number of thiophene rings is 1. The van der Waals surface area contributed by atoms with Gasteiger partial charge in [0, 0.05) is 11.4 Å². The van der Waals surface area contributed by atoms with E-state index in [1.54, 1.807) is 0 Å². The molecule has 1 heterocycles. The third kappa shape index (κ3) is 3.24. The Balaban J connectivity index is 2.69. The van der Waals surface area contributed by atoms with Gasteiger partial charge in [-0.25, -0.2) is 13.1 Å². The Labute approximate surface area is 105 Å². The average molecular weight is 278 g/mol. The van der Waals surface area contributed by atoms with Gasteiger partial charge < -0.3 is 5.73 Å². The molecule has 0 saturated heterocycles. The molecule has 0 bridgehead atoms. The molecular weight excluding hydrogens is 264 g/mol. The topological polar surface area (TPSA) is 72.2 Å². The van der Waals surface area contributed by atoms with Crippen LogP contribution in [0.25, 0.3) is 0 Å². The van der Waals surface area contributed by atoms with Crippen LogP contribution in [0.1, 0.15) is 17.4 Å². The molecule has 3 N–H and O–H groups in total. The van der Waals surface area contributed by atoms with Crippen LogP contribution in [0.3, 0.4) is 0 Å². The van der Waals surface area contributed by atoms with Crippen LogP contribution < -0.4 is 10.5 Å². The zero-order valence-electron chi connectivity index (χ0n) is 9.06. The van der Waals surface area contributed by atoms with E-state index in [1.165, 1.54) is 18.3 Å². The second-order valence-electron chi connectivity index (χ2n) is 3.44. The van der Waals surface area contributed by atoms with Gasteiger partial charge in [0.25, 0.3) is 0 Å². The van der Waals surface area contributed by atoms with Crippen LogP contribution in [0, 0.1) is 6.92 Å². The highest BCUT2D eigenvalue weighted by Gasteiger charge is 2.22. The second kappa shape index (κ2) is 5.22. The van der Waals surface area contributed by atoms with Gasteiger partial charge in [-0.05, 0) is 30.9 Å². The fraction of sp³-hybridized carbons (Fsp3) is 0.444. The molecule has 0 fully saturated rings. The van der Waals surface area contributed by atoms with E-state index in [4.69, 9.17) is 5.73 Å². The van der Waals surface area contributed by atoms with E-state index in [0.29, 0.717) is 6.54 Å². The Morgan fingerprint density at radius 1 is 1.69 bits per heavy atom. The number of nitrogens with one attached hydrogen (secondary N) is 1. The fourth-order valence-corrected chi connectivity index (χ4v) is 3.25. The lowest BCUT2D eigenvalue weighted by Crippen LogP contribution is -2.39. The van der Waals surface area contributed by atoms with Crippen LogP contribution in [0.2, 0.25) is 0 Å². The van der Waals surface area contributed by atoms with E-state index in [9.17, 15) is 8.42 Å². The van der Waals surface area contributed by atoms with Crippen molar-refractivity contribution < 1.29 is 8.42 Å². The summed E-state index contributed by atoms with van der Waals surface area (Å²) in [5.41, 5.74) is 6.40. The molecule has 0 amide bonds. The SMILES string of the molecule is Cc1ccsc1CNS(=O)(=O)C(C)C(N)=S. The van der Waals surface area contributed by atoms with Crippen LogP contribution in [0.5, 0.6) is 0 Å². The third-order valence-electron chi connectivity index (χ3n) is 2.27. The number of sulfonamides is 1. The van der Waals surface area contributed by atoms with Crippen LogP contribution >= 0.6 is 23.6 Å². The smallest absolute Gasteiger partial charge is 0.221 e. The van der Waals surface area contributed by atoms with Crippen molar-refractivity contribution >= 4 is 38.6 Å². The Morgan fingerprint density at radius 2 is 2.31 bits per heavy atom. The van der Waals surface area contributed by atoms with Gasteiger partial charge in [0.1, 0.15) is 5.25 Å². The van der Waals surface area contributed by atoms with Gasteiger partial charge in [-0.3, -0.25) is 0 Å². The van der Waals surface area contributed by atoms with Crippen molar-refractivity contribution in [2.45, 2.75) is 25.6 Å². The predicted octanol–water partition coefficient (Wildman–Crippen LogP) is 1.15. The van der Waals surface area contributed by atoms with E-state index in [2.05, 4.69) is 16.9 Å². The maximum atomic E-state index is 11.7. The minimum absolute atomic E-state index is 0.0181. The summed E-state index contributed by atoms with van der Waals surface area (Å²) < 4.78 is 25.9. The van der Waals surface area contributed by atoms with Crippen LogP contribution in [-0.4, -0.2) is 18.7 Å². The first-order valence-corrected chi connectivity index (χ1v) is 7.49. The third-order valence-corrected chi connectivity index (χ3v) is 5.53. The number of hydrogen-bond acceptors (Lipinski definition) is 4. The fourth-order valence-electron chi connectivity index (χ4n) is 1.03. The van der Waals surface area contributed by atoms with E-state index in [-0.39, 0.29) is 4.99 Å². The maximum Gasteiger partial charge on any atom is 0.221 e. The maximum absolute atomic E-state index is 11.7. The van der Waals surface area contributed by atoms with Crippen LogP contribution in [0.15, 0.2) is 11.4 Å². The van der Waals surface area contributed by atoms with Gasteiger partial charge in [-0.1, -0.05) is 12.2 Å². The molecular formula is C9H14N2O2S3. The van der Waals surface area contributed by atoms with Crippen molar-refractivity contribution in [1.29, 1.82) is 0 Å². The molecule has 90 valence electrons. The summed E-state index contributed by atoms with van der Waals surface area (Å²) in [6, 6.07) is 1.95. The summed E-state index contributed by atoms with van der Waals surface area (Å²) in [5.74, 6) is 0. The number of aryl methyl sites for hydroxylation is 1. The number of nitrogens with two attached hydrogens (primary N) is 1. The number of hydrogen-bond donors (Lipinski definition) is 2. The highest BCUT2D eigenvalue weighted by atomic mass is 32.2. The molecule has 0 aromatic carbocycles. The minimum Gasteiger partial charge on any atom is -0.392 e. The largest absolute Gasteiger partial charge is 0.392 e. The van der Waals surface area contributed by atoms with Gasteiger partial charge in [0.2, 0.25) is 10.0 Å². The minimum atomic E-state index is -3.46. The van der Waals surface area contributed by atoms with Crippen LogP contribution in [0.4, 0.5) is 0 Å². The monoisotopic (exact) mass is 278 g/mol. The summed E-state index contributed by atoms with van der Waals surface area (Å²) in [7, 11) is -3.46. The molecule has 1 aromatic heterocycles. The van der Waals surface area contributed by atoms with E-state index >= 15 is 0 Å².